The predicted molar refractivity (Wildman–Crippen MR) is 148 cm³/mol. The van der Waals surface area contributed by atoms with E-state index in [2.05, 4.69) is 15.6 Å². The minimum absolute atomic E-state index is 0.236. The maximum atomic E-state index is 13.3. The summed E-state index contributed by atoms with van der Waals surface area (Å²) in [6.45, 7) is 7.77. The Balaban J connectivity index is 0.000000327. The van der Waals surface area contributed by atoms with Crippen molar-refractivity contribution in [1.29, 1.82) is 0 Å². The molecule has 0 saturated heterocycles. The van der Waals surface area contributed by atoms with Gasteiger partial charge in [0.1, 0.15) is 5.92 Å². The van der Waals surface area contributed by atoms with Gasteiger partial charge in [0.25, 0.3) is 5.69 Å². The standard InChI is InChI=1S/C22H27N3O4S.C6H3NO2/c1-5-28-19(26)16-14(3)25-22(4,15-10-8-7-9-11-15)17(20(27)29-6-2)18(16)24-21-23-12-13-30-21;8-7(9)6-2-1-4-3-5(4)6/h7-13,17-18,25H,5-6H2,1-4H3,(H,23,24);1-3H. The highest BCUT2D eigenvalue weighted by molar-refractivity contribution is 7.13. The van der Waals surface area contributed by atoms with E-state index in [4.69, 9.17) is 9.47 Å². The van der Waals surface area contributed by atoms with E-state index in [0.717, 1.165) is 16.7 Å². The summed E-state index contributed by atoms with van der Waals surface area (Å²) >= 11 is 1.40. The van der Waals surface area contributed by atoms with Gasteiger partial charge in [-0.1, -0.05) is 30.3 Å². The highest BCUT2D eigenvalue weighted by atomic mass is 32.1. The van der Waals surface area contributed by atoms with Gasteiger partial charge in [0.15, 0.2) is 5.13 Å². The molecule has 0 amide bonds. The summed E-state index contributed by atoms with van der Waals surface area (Å²) in [5.74, 6) is -1.62. The van der Waals surface area contributed by atoms with Gasteiger partial charge >= 0.3 is 11.9 Å². The third-order valence-electron chi connectivity index (χ3n) is 6.66. The maximum Gasteiger partial charge on any atom is 0.337 e. The monoisotopic (exact) mass is 550 g/mol. The van der Waals surface area contributed by atoms with Crippen molar-refractivity contribution in [1.82, 2.24) is 10.3 Å². The smallest absolute Gasteiger partial charge is 0.337 e. The second-order valence-electron chi connectivity index (χ2n) is 9.13. The van der Waals surface area contributed by atoms with Crippen LogP contribution < -0.4 is 10.6 Å². The Morgan fingerprint density at radius 1 is 1.15 bits per heavy atom. The number of nitro groups is 1. The zero-order valence-electron chi connectivity index (χ0n) is 22.1. The average Bonchev–Trinajstić information content (AvgIpc) is 3.26. The number of carbonyl (C=O) groups excluding carboxylic acids is 2. The molecule has 3 unspecified atom stereocenters. The van der Waals surface area contributed by atoms with Crippen molar-refractivity contribution in [2.24, 2.45) is 5.92 Å². The summed E-state index contributed by atoms with van der Waals surface area (Å²) in [6.07, 6.45) is 1.67. The Bertz CT molecular complexity index is 1390. The number of fused-ring (bicyclic) bond motifs is 1. The minimum Gasteiger partial charge on any atom is -0.466 e. The van der Waals surface area contributed by atoms with Crippen LogP contribution in [0.2, 0.25) is 0 Å². The van der Waals surface area contributed by atoms with E-state index in [-0.39, 0.29) is 23.8 Å². The molecule has 2 heterocycles. The Kier molecular flexibility index (Phi) is 8.29. The fraction of sp³-hybridized carbons (Fsp3) is 0.321. The third kappa shape index (κ3) is 5.78. The van der Waals surface area contributed by atoms with Crippen molar-refractivity contribution in [3.63, 3.8) is 0 Å². The van der Waals surface area contributed by atoms with Crippen LogP contribution in [-0.2, 0) is 24.6 Å². The van der Waals surface area contributed by atoms with Gasteiger partial charge in [0, 0.05) is 23.3 Å². The van der Waals surface area contributed by atoms with Crippen LogP contribution in [0.4, 0.5) is 10.8 Å². The van der Waals surface area contributed by atoms with Crippen LogP contribution in [0.5, 0.6) is 0 Å². The molecule has 0 fully saturated rings. The molecule has 3 aliphatic rings. The number of rotatable bonds is 8. The molecule has 0 spiro atoms. The van der Waals surface area contributed by atoms with Gasteiger partial charge in [-0.3, -0.25) is 14.9 Å². The number of hydrogen-bond donors (Lipinski definition) is 2. The summed E-state index contributed by atoms with van der Waals surface area (Å²) in [5.41, 5.74) is 3.18. The highest BCUT2D eigenvalue weighted by Crippen LogP contribution is 2.43. The van der Waals surface area contributed by atoms with Crippen molar-refractivity contribution >= 4 is 34.1 Å². The maximum absolute atomic E-state index is 13.3. The lowest BCUT2D eigenvalue weighted by atomic mass is 9.70. The van der Waals surface area contributed by atoms with E-state index in [1.165, 1.54) is 17.4 Å². The van der Waals surface area contributed by atoms with Crippen molar-refractivity contribution in [2.75, 3.05) is 18.5 Å². The second-order valence-corrected chi connectivity index (χ2v) is 10.0. The van der Waals surface area contributed by atoms with Gasteiger partial charge < -0.3 is 20.1 Å². The quantitative estimate of drug-likeness (QED) is 0.176. The lowest BCUT2D eigenvalue weighted by Crippen LogP contribution is -2.60. The predicted octanol–water partition coefficient (Wildman–Crippen LogP) is 5.03. The Labute approximate surface area is 230 Å². The van der Waals surface area contributed by atoms with Crippen LogP contribution in [0.15, 0.2) is 71.4 Å². The Hall–Kier alpha value is -4.25. The van der Waals surface area contributed by atoms with Crippen LogP contribution in [0.3, 0.4) is 0 Å². The molecule has 2 N–H and O–H groups in total. The van der Waals surface area contributed by atoms with Crippen molar-refractivity contribution in [3.8, 4) is 11.1 Å². The van der Waals surface area contributed by atoms with Gasteiger partial charge in [-0.15, -0.1) is 11.3 Å². The molecular formula is C28H30N4O6S. The van der Waals surface area contributed by atoms with Gasteiger partial charge in [0.2, 0.25) is 0 Å². The topological polar surface area (TPSA) is 133 Å². The SMILES string of the molecule is CCOC(=O)C1=C(C)NC(C)(c2ccccc2)C(C(=O)OCC)C1Nc1nccs1.O=[N+]([O-])c1ccc2cc1-2. The van der Waals surface area contributed by atoms with E-state index in [1.54, 1.807) is 32.2 Å². The second kappa shape index (κ2) is 11.6. The van der Waals surface area contributed by atoms with Crippen LogP contribution in [0.1, 0.15) is 33.3 Å². The van der Waals surface area contributed by atoms with Gasteiger partial charge in [-0.05, 0) is 51.0 Å². The molecular weight excluding hydrogens is 520 g/mol. The molecule has 1 aromatic carbocycles. The van der Waals surface area contributed by atoms with E-state index in [1.807, 2.05) is 49.6 Å². The summed E-state index contributed by atoms with van der Waals surface area (Å²) in [7, 11) is 0. The molecule has 204 valence electrons. The number of carbonyl (C=O) groups is 2. The number of aromatic nitrogens is 1. The molecule has 11 heteroatoms. The van der Waals surface area contributed by atoms with Crippen molar-refractivity contribution in [2.45, 2.75) is 39.3 Å². The first-order chi connectivity index (χ1) is 18.7. The number of anilines is 1. The molecule has 0 bridgehead atoms. The molecule has 1 aromatic heterocycles. The number of allylic oxidation sites excluding steroid dienone is 1. The average molecular weight is 551 g/mol. The lowest BCUT2D eigenvalue weighted by Gasteiger charge is -2.47. The van der Waals surface area contributed by atoms with E-state index >= 15 is 0 Å². The molecule has 1 aliphatic heterocycles. The highest BCUT2D eigenvalue weighted by Gasteiger charge is 2.53. The van der Waals surface area contributed by atoms with Crippen molar-refractivity contribution in [3.05, 3.63) is 87.1 Å². The number of ether oxygens (including phenoxy) is 2. The molecule has 3 atom stereocenters. The molecule has 39 heavy (non-hydrogen) atoms. The first-order valence-corrected chi connectivity index (χ1v) is 13.4. The Morgan fingerprint density at radius 3 is 2.38 bits per heavy atom. The van der Waals surface area contributed by atoms with Gasteiger partial charge in [-0.25, -0.2) is 9.78 Å². The number of hydrogen-bond acceptors (Lipinski definition) is 10. The van der Waals surface area contributed by atoms with Crippen LogP contribution in [0.25, 0.3) is 11.1 Å². The minimum atomic E-state index is -0.817. The fourth-order valence-electron chi connectivity index (χ4n) is 4.88. The van der Waals surface area contributed by atoms with Gasteiger partial charge in [-0.2, -0.15) is 0 Å². The first-order valence-electron chi connectivity index (χ1n) is 12.5. The third-order valence-corrected chi connectivity index (χ3v) is 7.36. The summed E-state index contributed by atoms with van der Waals surface area (Å²) < 4.78 is 10.8. The summed E-state index contributed by atoms with van der Waals surface area (Å²) in [4.78, 5) is 40.2. The molecule has 10 nitrogen and oxygen atoms in total. The van der Waals surface area contributed by atoms with E-state index in [9.17, 15) is 19.7 Å². The number of esters is 2. The Morgan fingerprint density at radius 2 is 1.87 bits per heavy atom. The van der Waals surface area contributed by atoms with Crippen LogP contribution in [-0.4, -0.2) is 41.1 Å². The summed E-state index contributed by atoms with van der Waals surface area (Å²) in [5, 5.41) is 19.3. The lowest BCUT2D eigenvalue weighted by molar-refractivity contribution is -0.383. The van der Waals surface area contributed by atoms with Crippen LogP contribution in [0, 0.1) is 16.0 Å². The number of benzene rings is 2. The number of nitrogens with one attached hydrogen (secondary N) is 2. The normalized spacial score (nSPS) is 20.6. The van der Waals surface area contributed by atoms with Crippen molar-refractivity contribution < 1.29 is 24.0 Å². The molecule has 0 radical (unpaired) electrons. The zero-order valence-corrected chi connectivity index (χ0v) is 22.9. The van der Waals surface area contributed by atoms with Crippen LogP contribution >= 0.6 is 11.3 Å². The molecule has 2 aliphatic carbocycles. The van der Waals surface area contributed by atoms with Gasteiger partial charge in [0.05, 0.1) is 40.9 Å². The molecule has 2 aromatic rings. The number of nitrogens with zero attached hydrogens (tertiary/aromatic N) is 2. The zero-order chi connectivity index (χ0) is 28.2. The molecule has 0 saturated carbocycles. The molecule has 5 rings (SSSR count). The first kappa shape index (κ1) is 27.8. The van der Waals surface area contributed by atoms with E-state index < -0.39 is 29.4 Å². The fourth-order valence-corrected chi connectivity index (χ4v) is 5.44. The number of thiazole rings is 1. The number of nitro benzene ring substituents is 1. The van der Waals surface area contributed by atoms with E-state index in [0.29, 0.717) is 16.4 Å². The summed E-state index contributed by atoms with van der Waals surface area (Å²) in [6, 6.07) is 14.1. The largest absolute Gasteiger partial charge is 0.466 e.